The SMILES string of the molecule is O=C(CCN1C(=O)CSc2ccccc21)Oc1ccc(C2SCCS2)cc1. The molecule has 1 fully saturated rings. The molecule has 0 atom stereocenters. The van der Waals surface area contributed by atoms with Gasteiger partial charge in [0.25, 0.3) is 0 Å². The summed E-state index contributed by atoms with van der Waals surface area (Å²) in [5, 5.41) is 0. The summed E-state index contributed by atoms with van der Waals surface area (Å²) >= 11 is 5.44. The first kappa shape index (κ1) is 18.8. The molecule has 7 heteroatoms. The normalized spacial score (nSPS) is 17.0. The molecule has 0 saturated carbocycles. The van der Waals surface area contributed by atoms with Crippen molar-refractivity contribution in [2.45, 2.75) is 15.9 Å². The van der Waals surface area contributed by atoms with Crippen molar-refractivity contribution in [3.05, 3.63) is 54.1 Å². The second-order valence-corrected chi connectivity index (χ2v) is 9.91. The van der Waals surface area contributed by atoms with Gasteiger partial charge in [-0.25, -0.2) is 0 Å². The largest absolute Gasteiger partial charge is 0.426 e. The maximum atomic E-state index is 12.2. The molecule has 0 aromatic heterocycles. The van der Waals surface area contributed by atoms with Crippen molar-refractivity contribution in [1.82, 2.24) is 0 Å². The summed E-state index contributed by atoms with van der Waals surface area (Å²) in [6.45, 7) is 0.336. The van der Waals surface area contributed by atoms with Crippen molar-refractivity contribution in [1.29, 1.82) is 0 Å². The number of ether oxygens (including phenoxy) is 1. The van der Waals surface area contributed by atoms with Gasteiger partial charge in [0.2, 0.25) is 5.91 Å². The maximum absolute atomic E-state index is 12.2. The number of carbonyl (C=O) groups excluding carboxylic acids is 2. The van der Waals surface area contributed by atoms with E-state index in [-0.39, 0.29) is 18.3 Å². The predicted molar refractivity (Wildman–Crippen MR) is 114 cm³/mol. The number of fused-ring (bicyclic) bond motifs is 1. The molecule has 0 bridgehead atoms. The van der Waals surface area contributed by atoms with Gasteiger partial charge in [-0.2, -0.15) is 0 Å². The third-order valence-corrected chi connectivity index (χ3v) is 8.51. The second kappa shape index (κ2) is 8.63. The van der Waals surface area contributed by atoms with Crippen LogP contribution in [0.3, 0.4) is 0 Å². The molecule has 0 N–H and O–H groups in total. The Morgan fingerprint density at radius 2 is 1.81 bits per heavy atom. The molecule has 2 heterocycles. The van der Waals surface area contributed by atoms with Gasteiger partial charge < -0.3 is 9.64 Å². The molecule has 2 aliphatic heterocycles. The molecule has 2 aromatic carbocycles. The van der Waals surface area contributed by atoms with Crippen molar-refractivity contribution >= 4 is 52.8 Å². The van der Waals surface area contributed by atoms with Crippen LogP contribution >= 0.6 is 35.3 Å². The molecule has 0 radical (unpaired) electrons. The predicted octanol–water partition coefficient (Wildman–Crippen LogP) is 4.60. The number of anilines is 1. The summed E-state index contributed by atoms with van der Waals surface area (Å²) in [6.07, 6.45) is 0.167. The zero-order valence-corrected chi connectivity index (χ0v) is 17.1. The van der Waals surface area contributed by atoms with E-state index in [1.807, 2.05) is 72.1 Å². The minimum atomic E-state index is -0.323. The van der Waals surface area contributed by atoms with E-state index in [9.17, 15) is 9.59 Å². The summed E-state index contributed by atoms with van der Waals surface area (Å²) in [5.41, 5.74) is 2.14. The third-order valence-electron chi connectivity index (χ3n) is 4.35. The molecule has 0 aliphatic carbocycles. The maximum Gasteiger partial charge on any atom is 0.312 e. The van der Waals surface area contributed by atoms with Gasteiger partial charge in [0.15, 0.2) is 0 Å². The van der Waals surface area contributed by atoms with Crippen LogP contribution in [-0.4, -0.2) is 35.7 Å². The number of para-hydroxylation sites is 1. The van der Waals surface area contributed by atoms with E-state index in [1.54, 1.807) is 4.90 Å². The lowest BCUT2D eigenvalue weighted by atomic mass is 10.2. The van der Waals surface area contributed by atoms with Crippen LogP contribution in [0.4, 0.5) is 5.69 Å². The minimum Gasteiger partial charge on any atom is -0.426 e. The van der Waals surface area contributed by atoms with Crippen LogP contribution in [0.15, 0.2) is 53.4 Å². The van der Waals surface area contributed by atoms with Gasteiger partial charge in [-0.3, -0.25) is 9.59 Å². The van der Waals surface area contributed by atoms with E-state index in [0.29, 0.717) is 22.6 Å². The highest BCUT2D eigenvalue weighted by Crippen LogP contribution is 2.45. The number of carbonyl (C=O) groups is 2. The molecule has 1 amide bonds. The monoisotopic (exact) mass is 417 g/mol. The number of hydrogen-bond donors (Lipinski definition) is 0. The Labute approximate surface area is 171 Å². The summed E-state index contributed by atoms with van der Waals surface area (Å²) in [5.74, 6) is 3.03. The van der Waals surface area contributed by atoms with Gasteiger partial charge in [0, 0.05) is 22.9 Å². The highest BCUT2D eigenvalue weighted by atomic mass is 32.2. The van der Waals surface area contributed by atoms with E-state index < -0.39 is 0 Å². The molecular weight excluding hydrogens is 398 g/mol. The average Bonchev–Trinajstić information content (AvgIpc) is 3.22. The van der Waals surface area contributed by atoms with E-state index in [0.717, 1.165) is 10.6 Å². The fourth-order valence-electron chi connectivity index (χ4n) is 3.03. The number of thioether (sulfide) groups is 3. The smallest absolute Gasteiger partial charge is 0.312 e. The fraction of sp³-hybridized carbons (Fsp3) is 0.300. The second-order valence-electron chi connectivity index (χ2n) is 6.17. The van der Waals surface area contributed by atoms with Gasteiger partial charge in [0.1, 0.15) is 5.75 Å². The molecular formula is C20H19NO3S3. The van der Waals surface area contributed by atoms with Crippen molar-refractivity contribution in [2.75, 3.05) is 28.7 Å². The Morgan fingerprint density at radius 3 is 2.59 bits per heavy atom. The lowest BCUT2D eigenvalue weighted by Gasteiger charge is -2.28. The zero-order valence-electron chi connectivity index (χ0n) is 14.6. The molecule has 0 unspecified atom stereocenters. The lowest BCUT2D eigenvalue weighted by molar-refractivity contribution is -0.134. The van der Waals surface area contributed by atoms with Crippen LogP contribution in [-0.2, 0) is 9.59 Å². The number of hydrogen-bond acceptors (Lipinski definition) is 6. The van der Waals surface area contributed by atoms with E-state index >= 15 is 0 Å². The summed E-state index contributed by atoms with van der Waals surface area (Å²) < 4.78 is 5.93. The molecule has 0 spiro atoms. The molecule has 1 saturated heterocycles. The fourth-order valence-corrected chi connectivity index (χ4v) is 6.82. The third kappa shape index (κ3) is 4.47. The van der Waals surface area contributed by atoms with Crippen LogP contribution in [0.2, 0.25) is 0 Å². The van der Waals surface area contributed by atoms with Crippen LogP contribution in [0.25, 0.3) is 0 Å². The Morgan fingerprint density at radius 1 is 1.07 bits per heavy atom. The first-order valence-electron chi connectivity index (χ1n) is 8.77. The summed E-state index contributed by atoms with van der Waals surface area (Å²) in [4.78, 5) is 27.2. The topological polar surface area (TPSA) is 46.6 Å². The minimum absolute atomic E-state index is 0.0300. The van der Waals surface area contributed by atoms with E-state index in [2.05, 4.69) is 0 Å². The molecule has 2 aromatic rings. The number of esters is 1. The van der Waals surface area contributed by atoms with Crippen LogP contribution in [0.1, 0.15) is 16.6 Å². The van der Waals surface area contributed by atoms with Crippen LogP contribution < -0.4 is 9.64 Å². The highest BCUT2D eigenvalue weighted by molar-refractivity contribution is 8.19. The first-order valence-corrected chi connectivity index (χ1v) is 11.8. The Hall–Kier alpha value is -1.57. The van der Waals surface area contributed by atoms with Crippen molar-refractivity contribution in [2.24, 2.45) is 0 Å². The number of rotatable bonds is 5. The van der Waals surface area contributed by atoms with Crippen molar-refractivity contribution in [3.8, 4) is 5.75 Å². The molecule has 2 aliphatic rings. The number of benzene rings is 2. The van der Waals surface area contributed by atoms with E-state index in [1.165, 1.54) is 28.8 Å². The number of nitrogens with zero attached hydrogens (tertiary/aromatic N) is 1. The van der Waals surface area contributed by atoms with Crippen molar-refractivity contribution in [3.63, 3.8) is 0 Å². The zero-order chi connectivity index (χ0) is 18.6. The summed E-state index contributed by atoms with van der Waals surface area (Å²) in [7, 11) is 0. The quantitative estimate of drug-likeness (QED) is 0.523. The van der Waals surface area contributed by atoms with Gasteiger partial charge in [-0.05, 0) is 29.8 Å². The highest BCUT2D eigenvalue weighted by Gasteiger charge is 2.25. The number of amides is 1. The first-order chi connectivity index (χ1) is 13.2. The van der Waals surface area contributed by atoms with E-state index in [4.69, 9.17) is 4.74 Å². The van der Waals surface area contributed by atoms with Gasteiger partial charge in [-0.15, -0.1) is 35.3 Å². The molecule has 27 heavy (non-hydrogen) atoms. The van der Waals surface area contributed by atoms with Crippen molar-refractivity contribution < 1.29 is 14.3 Å². The Kier molecular flexibility index (Phi) is 6.00. The Bertz CT molecular complexity index is 835. The van der Waals surface area contributed by atoms with Crippen LogP contribution in [0.5, 0.6) is 5.75 Å². The molecule has 4 nitrogen and oxygen atoms in total. The molecule has 140 valence electrons. The molecule has 4 rings (SSSR count). The van der Waals surface area contributed by atoms with Gasteiger partial charge in [-0.1, -0.05) is 24.3 Å². The Balaban J connectivity index is 1.34. The van der Waals surface area contributed by atoms with Gasteiger partial charge in [0.05, 0.1) is 22.4 Å². The average molecular weight is 418 g/mol. The summed E-state index contributed by atoms with van der Waals surface area (Å²) in [6, 6.07) is 15.5. The lowest BCUT2D eigenvalue weighted by Crippen LogP contribution is -2.37. The standard InChI is InChI=1S/C20H19NO3S3/c22-18-13-27-17-4-2-1-3-16(17)21(18)10-9-19(23)24-15-7-5-14(6-8-15)20-25-11-12-26-20/h1-8,20H,9-13H2. The van der Waals surface area contributed by atoms with Gasteiger partial charge >= 0.3 is 5.97 Å². The van der Waals surface area contributed by atoms with Crippen LogP contribution in [0, 0.1) is 0 Å².